The molecule has 1 aromatic rings. The Kier molecular flexibility index (Phi) is 3.98. The van der Waals surface area contributed by atoms with Gasteiger partial charge in [0.15, 0.2) is 0 Å². The van der Waals surface area contributed by atoms with Gasteiger partial charge in [0.05, 0.1) is 16.6 Å². The third-order valence-corrected chi connectivity index (χ3v) is 3.27. The van der Waals surface area contributed by atoms with Gasteiger partial charge >= 0.3 is 5.69 Å². The number of nitro groups is 1. The highest BCUT2D eigenvalue weighted by Gasteiger charge is 2.25. The summed E-state index contributed by atoms with van der Waals surface area (Å²) < 4.78 is 5.30. The van der Waals surface area contributed by atoms with Crippen LogP contribution in [0.15, 0.2) is 12.3 Å². The minimum Gasteiger partial charge on any atom is -0.381 e. The minimum atomic E-state index is -0.487. The maximum absolute atomic E-state index is 10.9. The molecule has 98 valence electrons. The lowest BCUT2D eigenvalue weighted by molar-refractivity contribution is -0.384. The van der Waals surface area contributed by atoms with Crippen LogP contribution < -0.4 is 5.32 Å². The molecule has 0 spiro atoms. The zero-order valence-electron chi connectivity index (χ0n) is 9.93. The van der Waals surface area contributed by atoms with Crippen molar-refractivity contribution in [1.29, 1.82) is 0 Å². The summed E-state index contributed by atoms with van der Waals surface area (Å²) in [7, 11) is 0. The lowest BCUT2D eigenvalue weighted by atomic mass is 10.0. The van der Waals surface area contributed by atoms with Crippen LogP contribution in [-0.4, -0.2) is 29.2 Å². The largest absolute Gasteiger partial charge is 0.381 e. The second kappa shape index (κ2) is 5.49. The standard InChI is InChI=1S/C11H14ClN3O3/c1-7(8-2-3-18-6-8)14-11-10(15(16)17)4-9(12)5-13-11/h4-5,7-8H,2-3,6H2,1H3,(H,13,14). The normalized spacial score (nSPS) is 20.7. The first-order valence-electron chi connectivity index (χ1n) is 5.72. The third-order valence-electron chi connectivity index (χ3n) is 3.07. The van der Waals surface area contributed by atoms with Gasteiger partial charge in [0.2, 0.25) is 5.82 Å². The summed E-state index contributed by atoms with van der Waals surface area (Å²) in [5, 5.41) is 14.2. The van der Waals surface area contributed by atoms with Crippen LogP contribution in [0.5, 0.6) is 0 Å². The van der Waals surface area contributed by atoms with E-state index in [0.717, 1.165) is 13.0 Å². The molecule has 1 saturated heterocycles. The summed E-state index contributed by atoms with van der Waals surface area (Å²) in [6, 6.07) is 1.37. The number of nitrogens with one attached hydrogen (secondary N) is 1. The van der Waals surface area contributed by atoms with E-state index in [1.807, 2.05) is 6.92 Å². The summed E-state index contributed by atoms with van der Waals surface area (Å²) in [6.07, 6.45) is 2.35. The summed E-state index contributed by atoms with van der Waals surface area (Å²) in [6.45, 7) is 3.39. The summed E-state index contributed by atoms with van der Waals surface area (Å²) in [5.41, 5.74) is -0.103. The molecule has 0 amide bonds. The van der Waals surface area contributed by atoms with Crippen molar-refractivity contribution in [3.63, 3.8) is 0 Å². The molecule has 6 nitrogen and oxygen atoms in total. The van der Waals surface area contributed by atoms with Gasteiger partial charge in [0.1, 0.15) is 0 Å². The van der Waals surface area contributed by atoms with E-state index >= 15 is 0 Å². The van der Waals surface area contributed by atoms with E-state index in [-0.39, 0.29) is 22.6 Å². The molecule has 0 aliphatic carbocycles. The Bertz CT molecular complexity index is 449. The van der Waals surface area contributed by atoms with Crippen molar-refractivity contribution in [2.75, 3.05) is 18.5 Å². The van der Waals surface area contributed by atoms with Crippen LogP contribution in [0.3, 0.4) is 0 Å². The number of nitrogens with zero attached hydrogens (tertiary/aromatic N) is 2. The Labute approximate surface area is 109 Å². The first-order chi connectivity index (χ1) is 8.58. The summed E-state index contributed by atoms with van der Waals surface area (Å²) >= 11 is 5.71. The molecule has 1 aliphatic rings. The summed E-state index contributed by atoms with van der Waals surface area (Å²) in [5.74, 6) is 0.603. The van der Waals surface area contributed by atoms with Gasteiger partial charge in [-0.15, -0.1) is 0 Å². The third kappa shape index (κ3) is 2.88. The molecule has 1 N–H and O–H groups in total. The van der Waals surface area contributed by atoms with Crippen molar-refractivity contribution >= 4 is 23.1 Å². The predicted molar refractivity (Wildman–Crippen MR) is 67.9 cm³/mol. The van der Waals surface area contributed by atoms with E-state index in [1.54, 1.807) is 0 Å². The molecule has 1 aliphatic heterocycles. The van der Waals surface area contributed by atoms with Gasteiger partial charge in [-0.25, -0.2) is 4.98 Å². The highest BCUT2D eigenvalue weighted by molar-refractivity contribution is 6.30. The SMILES string of the molecule is CC(Nc1ncc(Cl)cc1[N+](=O)[O-])C1CCOC1. The van der Waals surface area contributed by atoms with Crippen molar-refractivity contribution in [2.24, 2.45) is 5.92 Å². The van der Waals surface area contributed by atoms with E-state index in [1.165, 1.54) is 12.3 Å². The van der Waals surface area contributed by atoms with Crippen LogP contribution in [0.1, 0.15) is 13.3 Å². The molecule has 1 aromatic heterocycles. The molecule has 2 heterocycles. The van der Waals surface area contributed by atoms with Gasteiger partial charge in [-0.3, -0.25) is 10.1 Å². The van der Waals surface area contributed by atoms with Crippen LogP contribution in [0.2, 0.25) is 5.02 Å². The molecule has 2 atom stereocenters. The van der Waals surface area contributed by atoms with E-state index in [2.05, 4.69) is 10.3 Å². The number of pyridine rings is 1. The van der Waals surface area contributed by atoms with E-state index in [9.17, 15) is 10.1 Å². The molecule has 2 rings (SSSR count). The van der Waals surface area contributed by atoms with Crippen LogP contribution >= 0.6 is 11.6 Å². The van der Waals surface area contributed by atoms with Crippen molar-refractivity contribution in [1.82, 2.24) is 4.98 Å². The molecular weight excluding hydrogens is 258 g/mol. The fraction of sp³-hybridized carbons (Fsp3) is 0.545. The molecule has 0 aromatic carbocycles. The number of rotatable bonds is 4. The van der Waals surface area contributed by atoms with Crippen molar-refractivity contribution in [3.05, 3.63) is 27.4 Å². The maximum Gasteiger partial charge on any atom is 0.312 e. The van der Waals surface area contributed by atoms with E-state index in [4.69, 9.17) is 16.3 Å². The lowest BCUT2D eigenvalue weighted by Crippen LogP contribution is -2.27. The van der Waals surface area contributed by atoms with Crippen molar-refractivity contribution < 1.29 is 9.66 Å². The average molecular weight is 272 g/mol. The van der Waals surface area contributed by atoms with Crippen LogP contribution in [0, 0.1) is 16.0 Å². The highest BCUT2D eigenvalue weighted by atomic mass is 35.5. The highest BCUT2D eigenvalue weighted by Crippen LogP contribution is 2.27. The molecule has 7 heteroatoms. The fourth-order valence-electron chi connectivity index (χ4n) is 1.96. The average Bonchev–Trinajstić information content (AvgIpc) is 2.84. The number of hydrogen-bond donors (Lipinski definition) is 1. The zero-order chi connectivity index (χ0) is 13.1. The van der Waals surface area contributed by atoms with Gasteiger partial charge in [0.25, 0.3) is 0 Å². The van der Waals surface area contributed by atoms with Gasteiger partial charge < -0.3 is 10.1 Å². The molecular formula is C11H14ClN3O3. The topological polar surface area (TPSA) is 77.3 Å². The summed E-state index contributed by atoms with van der Waals surface area (Å²) in [4.78, 5) is 14.4. The van der Waals surface area contributed by atoms with Crippen molar-refractivity contribution in [3.8, 4) is 0 Å². The first-order valence-corrected chi connectivity index (χ1v) is 6.10. The Balaban J connectivity index is 2.15. The monoisotopic (exact) mass is 271 g/mol. The number of anilines is 1. The smallest absolute Gasteiger partial charge is 0.312 e. The van der Waals surface area contributed by atoms with Gasteiger partial charge in [0, 0.05) is 30.8 Å². The molecule has 18 heavy (non-hydrogen) atoms. The lowest BCUT2D eigenvalue weighted by Gasteiger charge is -2.19. The molecule has 1 fully saturated rings. The van der Waals surface area contributed by atoms with Crippen LogP contribution in [-0.2, 0) is 4.74 Å². The Morgan fingerprint density at radius 1 is 1.72 bits per heavy atom. The number of hydrogen-bond acceptors (Lipinski definition) is 5. The van der Waals surface area contributed by atoms with Crippen LogP contribution in [0.25, 0.3) is 0 Å². The van der Waals surface area contributed by atoms with Gasteiger partial charge in [-0.2, -0.15) is 0 Å². The molecule has 2 unspecified atom stereocenters. The Hall–Kier alpha value is -1.40. The zero-order valence-corrected chi connectivity index (χ0v) is 10.7. The van der Waals surface area contributed by atoms with Crippen molar-refractivity contribution in [2.45, 2.75) is 19.4 Å². The quantitative estimate of drug-likeness (QED) is 0.672. The van der Waals surface area contributed by atoms with E-state index in [0.29, 0.717) is 12.5 Å². The number of halogens is 1. The van der Waals surface area contributed by atoms with Gasteiger partial charge in [-0.05, 0) is 13.3 Å². The van der Waals surface area contributed by atoms with Crippen LogP contribution in [0.4, 0.5) is 11.5 Å². The Morgan fingerprint density at radius 3 is 3.11 bits per heavy atom. The van der Waals surface area contributed by atoms with E-state index < -0.39 is 4.92 Å². The second-order valence-corrected chi connectivity index (χ2v) is 4.77. The molecule has 0 bridgehead atoms. The number of ether oxygens (including phenoxy) is 1. The van der Waals surface area contributed by atoms with Gasteiger partial charge in [-0.1, -0.05) is 11.6 Å². The molecule has 0 radical (unpaired) electrons. The number of aromatic nitrogens is 1. The maximum atomic E-state index is 10.9. The molecule has 0 saturated carbocycles. The second-order valence-electron chi connectivity index (χ2n) is 4.34. The Morgan fingerprint density at radius 2 is 2.50 bits per heavy atom. The first kappa shape index (κ1) is 13.0. The fourth-order valence-corrected chi connectivity index (χ4v) is 2.11. The predicted octanol–water partition coefficient (Wildman–Crippen LogP) is 2.48. The minimum absolute atomic E-state index is 0.0693.